The second-order valence-electron chi connectivity index (χ2n) is 1.77. The maximum absolute atomic E-state index is 10.5. The van der Waals surface area contributed by atoms with Gasteiger partial charge in [-0.25, -0.2) is 13.4 Å². The molecule has 0 unspecified atom stereocenters. The van der Waals surface area contributed by atoms with Gasteiger partial charge in [0.05, 0.1) is 5.69 Å². The van der Waals surface area contributed by atoms with Gasteiger partial charge in [0.2, 0.25) is 9.05 Å². The van der Waals surface area contributed by atoms with Crippen molar-refractivity contribution >= 4 is 47.0 Å². The number of halogens is 2. The van der Waals surface area contributed by atoms with E-state index in [1.54, 1.807) is 5.38 Å². The van der Waals surface area contributed by atoms with E-state index in [0.717, 1.165) is 0 Å². The zero-order valence-electron chi connectivity index (χ0n) is 5.12. The Morgan fingerprint density at radius 3 is 2.73 bits per heavy atom. The second-order valence-corrected chi connectivity index (χ2v) is 6.69. The van der Waals surface area contributed by atoms with Crippen LogP contribution in [-0.4, -0.2) is 13.4 Å². The fourth-order valence-corrected chi connectivity index (χ4v) is 2.51. The van der Waals surface area contributed by atoms with E-state index in [-0.39, 0.29) is 5.75 Å². The Morgan fingerprint density at radius 1 is 1.73 bits per heavy atom. The van der Waals surface area contributed by atoms with E-state index in [4.69, 9.17) is 10.7 Å². The van der Waals surface area contributed by atoms with E-state index >= 15 is 0 Å². The van der Waals surface area contributed by atoms with Crippen LogP contribution in [0, 0.1) is 0 Å². The molecule has 1 heterocycles. The molecule has 11 heavy (non-hydrogen) atoms. The summed E-state index contributed by atoms with van der Waals surface area (Å²) in [6.07, 6.45) is 0. The molecule has 0 N–H and O–H groups in total. The molecule has 1 aromatic rings. The normalized spacial score (nSPS) is 11.8. The molecule has 3 nitrogen and oxygen atoms in total. The third kappa shape index (κ3) is 3.50. The van der Waals surface area contributed by atoms with Crippen LogP contribution in [-0.2, 0) is 14.8 Å². The van der Waals surface area contributed by atoms with Gasteiger partial charge in [-0.15, -0.1) is 11.3 Å². The van der Waals surface area contributed by atoms with Gasteiger partial charge in [-0.1, -0.05) is 0 Å². The zero-order valence-corrected chi connectivity index (χ0v) is 9.10. The number of nitrogens with zero attached hydrogens (tertiary/aromatic N) is 1. The number of aromatic nitrogens is 1. The summed E-state index contributed by atoms with van der Waals surface area (Å²) in [5.41, 5.74) is 0.469. The SMILES string of the molecule is O=S(=O)(Cl)Cc1csc(Br)n1. The Kier molecular flexibility index (Phi) is 2.90. The van der Waals surface area contributed by atoms with Crippen LogP contribution in [0.3, 0.4) is 0 Å². The van der Waals surface area contributed by atoms with E-state index in [0.29, 0.717) is 9.61 Å². The van der Waals surface area contributed by atoms with Gasteiger partial charge in [0.15, 0.2) is 3.92 Å². The summed E-state index contributed by atoms with van der Waals surface area (Å²) in [6, 6.07) is 0. The molecule has 62 valence electrons. The Balaban J connectivity index is 2.81. The molecular formula is C4H3BrClNO2S2. The van der Waals surface area contributed by atoms with Crippen molar-refractivity contribution in [2.24, 2.45) is 0 Å². The third-order valence-electron chi connectivity index (χ3n) is 0.844. The lowest BCUT2D eigenvalue weighted by molar-refractivity contribution is 0.608. The number of thiazole rings is 1. The summed E-state index contributed by atoms with van der Waals surface area (Å²) in [6.45, 7) is 0. The van der Waals surface area contributed by atoms with Crippen molar-refractivity contribution in [3.05, 3.63) is 15.0 Å². The topological polar surface area (TPSA) is 47.0 Å². The highest BCUT2D eigenvalue weighted by atomic mass is 79.9. The fourth-order valence-electron chi connectivity index (χ4n) is 0.525. The number of hydrogen-bond acceptors (Lipinski definition) is 4. The lowest BCUT2D eigenvalue weighted by atomic mass is 10.6. The van der Waals surface area contributed by atoms with E-state index in [9.17, 15) is 8.42 Å². The van der Waals surface area contributed by atoms with Crippen LogP contribution in [0.2, 0.25) is 0 Å². The maximum Gasteiger partial charge on any atom is 0.238 e. The predicted octanol–water partition coefficient (Wildman–Crippen LogP) is 1.97. The number of hydrogen-bond donors (Lipinski definition) is 0. The van der Waals surface area contributed by atoms with Crippen LogP contribution in [0.5, 0.6) is 0 Å². The number of rotatable bonds is 2. The highest BCUT2D eigenvalue weighted by molar-refractivity contribution is 9.11. The van der Waals surface area contributed by atoms with Gasteiger partial charge in [-0.2, -0.15) is 0 Å². The van der Waals surface area contributed by atoms with Crippen molar-refractivity contribution in [3.63, 3.8) is 0 Å². The van der Waals surface area contributed by atoms with Crippen molar-refractivity contribution in [2.45, 2.75) is 5.75 Å². The highest BCUT2D eigenvalue weighted by Gasteiger charge is 2.09. The quantitative estimate of drug-likeness (QED) is 0.776. The Morgan fingerprint density at radius 2 is 2.36 bits per heavy atom. The van der Waals surface area contributed by atoms with Crippen molar-refractivity contribution in [3.8, 4) is 0 Å². The minimum atomic E-state index is -3.47. The van der Waals surface area contributed by atoms with Gasteiger partial charge >= 0.3 is 0 Å². The van der Waals surface area contributed by atoms with Crippen LogP contribution in [0.4, 0.5) is 0 Å². The monoisotopic (exact) mass is 275 g/mol. The van der Waals surface area contributed by atoms with Gasteiger partial charge in [-0.3, -0.25) is 0 Å². The average molecular weight is 277 g/mol. The lowest BCUT2D eigenvalue weighted by Crippen LogP contribution is -1.94. The molecule has 0 aliphatic heterocycles. The average Bonchev–Trinajstić information content (AvgIpc) is 2.10. The van der Waals surface area contributed by atoms with Crippen molar-refractivity contribution < 1.29 is 8.42 Å². The van der Waals surface area contributed by atoms with Crippen molar-refractivity contribution in [1.29, 1.82) is 0 Å². The van der Waals surface area contributed by atoms with Gasteiger partial charge in [-0.05, 0) is 15.9 Å². The minimum Gasteiger partial charge on any atom is -0.233 e. The van der Waals surface area contributed by atoms with Crippen LogP contribution in [0.25, 0.3) is 0 Å². The molecule has 0 fully saturated rings. The first-order chi connectivity index (χ1) is 4.97. The molecular weight excluding hydrogens is 274 g/mol. The molecule has 7 heteroatoms. The van der Waals surface area contributed by atoms with E-state index < -0.39 is 9.05 Å². The van der Waals surface area contributed by atoms with Crippen molar-refractivity contribution in [1.82, 2.24) is 4.98 Å². The molecule has 0 aliphatic carbocycles. The zero-order chi connectivity index (χ0) is 8.48. The molecule has 0 atom stereocenters. The summed E-state index contributed by atoms with van der Waals surface area (Å²) < 4.78 is 21.7. The highest BCUT2D eigenvalue weighted by Crippen LogP contribution is 2.18. The molecule has 0 spiro atoms. The summed E-state index contributed by atoms with van der Waals surface area (Å²) in [5.74, 6) is -0.212. The molecule has 1 rings (SSSR count). The molecule has 0 aromatic carbocycles. The van der Waals surface area contributed by atoms with Crippen LogP contribution >= 0.6 is 37.9 Å². The second kappa shape index (κ2) is 3.38. The van der Waals surface area contributed by atoms with Crippen LogP contribution in [0.15, 0.2) is 9.30 Å². The maximum atomic E-state index is 10.5. The molecule has 0 saturated carbocycles. The van der Waals surface area contributed by atoms with Crippen LogP contribution in [0.1, 0.15) is 5.69 Å². The standard InChI is InChI=1S/C4H3BrClNO2S2/c5-4-7-3(1-10-4)2-11(6,8)9/h1H,2H2. The molecule has 0 amide bonds. The van der Waals surface area contributed by atoms with Gasteiger partial charge in [0.1, 0.15) is 5.75 Å². The summed E-state index contributed by atoms with van der Waals surface area (Å²) in [4.78, 5) is 3.87. The largest absolute Gasteiger partial charge is 0.238 e. The first-order valence-electron chi connectivity index (χ1n) is 2.49. The lowest BCUT2D eigenvalue weighted by Gasteiger charge is -1.87. The van der Waals surface area contributed by atoms with E-state index in [1.165, 1.54) is 11.3 Å². The first-order valence-corrected chi connectivity index (χ1v) is 6.65. The minimum absolute atomic E-state index is 0.212. The van der Waals surface area contributed by atoms with Gasteiger partial charge in [0, 0.05) is 16.1 Å². The first kappa shape index (κ1) is 9.44. The van der Waals surface area contributed by atoms with Gasteiger partial charge < -0.3 is 0 Å². The van der Waals surface area contributed by atoms with E-state index in [2.05, 4.69) is 20.9 Å². The summed E-state index contributed by atoms with van der Waals surface area (Å²) in [5, 5.41) is 1.64. The fraction of sp³-hybridized carbons (Fsp3) is 0.250. The van der Waals surface area contributed by atoms with E-state index in [1.807, 2.05) is 0 Å². The van der Waals surface area contributed by atoms with Gasteiger partial charge in [0.25, 0.3) is 0 Å². The Hall–Kier alpha value is 0.350. The molecule has 1 aromatic heterocycles. The summed E-state index contributed by atoms with van der Waals surface area (Å²) >= 11 is 4.44. The molecule has 0 saturated heterocycles. The molecule has 0 aliphatic rings. The molecule has 0 radical (unpaired) electrons. The Labute approximate surface area is 81.0 Å². The molecule has 0 bridgehead atoms. The third-order valence-corrected chi connectivity index (χ3v) is 3.23. The van der Waals surface area contributed by atoms with Crippen LogP contribution < -0.4 is 0 Å². The predicted molar refractivity (Wildman–Crippen MR) is 48.3 cm³/mol. The van der Waals surface area contributed by atoms with Crippen molar-refractivity contribution in [2.75, 3.05) is 0 Å². The Bertz CT molecular complexity index is 347. The summed E-state index contributed by atoms with van der Waals surface area (Å²) in [7, 11) is 1.53. The smallest absolute Gasteiger partial charge is 0.233 e.